The molecule has 6 nitrogen and oxygen atoms in total. The summed E-state index contributed by atoms with van der Waals surface area (Å²) in [5, 5.41) is 7.57. The third kappa shape index (κ3) is 4.30. The number of H-pyrrole nitrogens is 1. The second kappa shape index (κ2) is 7.72. The van der Waals surface area contributed by atoms with Gasteiger partial charge in [-0.3, -0.25) is 25.5 Å². The number of rotatable bonds is 4. The van der Waals surface area contributed by atoms with E-state index in [9.17, 15) is 9.59 Å². The predicted molar refractivity (Wildman–Crippen MR) is 92.6 cm³/mol. The van der Waals surface area contributed by atoms with Crippen molar-refractivity contribution in [3.8, 4) is 0 Å². The van der Waals surface area contributed by atoms with Crippen LogP contribution in [-0.2, 0) is 22.4 Å². The van der Waals surface area contributed by atoms with Crippen LogP contribution in [-0.4, -0.2) is 27.8 Å². The predicted octanol–water partition coefficient (Wildman–Crippen LogP) is 2.11. The number of nitrogens with one attached hydrogen (secondary N) is 3. The number of amides is 2. The minimum absolute atomic E-state index is 0.151. The van der Waals surface area contributed by atoms with E-state index < -0.39 is 0 Å². The van der Waals surface area contributed by atoms with Crippen LogP contribution in [0.15, 0.2) is 35.4 Å². The molecule has 126 valence electrons. The number of hydrazine groups is 1. The Bertz CT molecular complexity index is 732. The number of aromatic amines is 1. The summed E-state index contributed by atoms with van der Waals surface area (Å²) in [7, 11) is 0. The zero-order valence-electron chi connectivity index (χ0n) is 12.8. The first-order valence-electron chi connectivity index (χ1n) is 7.60. The van der Waals surface area contributed by atoms with E-state index in [1.165, 1.54) is 17.3 Å². The molecule has 8 heteroatoms. The lowest BCUT2D eigenvalue weighted by Crippen LogP contribution is -2.46. The van der Waals surface area contributed by atoms with Crippen molar-refractivity contribution in [3.05, 3.63) is 46.7 Å². The Labute approximate surface area is 148 Å². The molecule has 0 saturated heterocycles. The molecule has 1 aromatic carbocycles. The molecule has 2 amide bonds. The Morgan fingerprint density at radius 3 is 2.88 bits per heavy atom. The van der Waals surface area contributed by atoms with Gasteiger partial charge in [0.25, 0.3) is 0 Å². The third-order valence-electron chi connectivity index (χ3n) is 3.90. The van der Waals surface area contributed by atoms with E-state index in [0.29, 0.717) is 11.4 Å². The highest BCUT2D eigenvalue weighted by Crippen LogP contribution is 2.23. The Balaban J connectivity index is 1.41. The molecular formula is C16H17ClN4O2S. The SMILES string of the molecule is O=C(CSc1ccc(Cl)cc1)NNC(=O)[C@H]1CCc2cn[nH]c2C1. The molecule has 1 aliphatic rings. The first-order valence-corrected chi connectivity index (χ1v) is 8.96. The first-order chi connectivity index (χ1) is 11.6. The number of nitrogens with zero attached hydrogens (tertiary/aromatic N) is 1. The minimum atomic E-state index is -0.249. The van der Waals surface area contributed by atoms with Crippen LogP contribution in [0.3, 0.4) is 0 Å². The molecule has 3 N–H and O–H groups in total. The third-order valence-corrected chi connectivity index (χ3v) is 5.16. The van der Waals surface area contributed by atoms with Gasteiger partial charge in [0.05, 0.1) is 11.9 Å². The monoisotopic (exact) mass is 364 g/mol. The van der Waals surface area contributed by atoms with Crippen molar-refractivity contribution in [1.82, 2.24) is 21.0 Å². The van der Waals surface area contributed by atoms with Gasteiger partial charge in [-0.1, -0.05) is 11.6 Å². The highest BCUT2D eigenvalue weighted by atomic mass is 35.5. The lowest BCUT2D eigenvalue weighted by atomic mass is 9.88. The molecule has 0 fully saturated rings. The quantitative estimate of drug-likeness (QED) is 0.572. The van der Waals surface area contributed by atoms with E-state index >= 15 is 0 Å². The van der Waals surface area contributed by atoms with E-state index in [-0.39, 0.29) is 23.5 Å². The second-order valence-corrected chi connectivity index (χ2v) is 7.08. The average Bonchev–Trinajstić information content (AvgIpc) is 3.06. The Hall–Kier alpha value is -1.99. The van der Waals surface area contributed by atoms with Crippen LogP contribution >= 0.6 is 23.4 Å². The van der Waals surface area contributed by atoms with Crippen LogP contribution in [0.5, 0.6) is 0 Å². The van der Waals surface area contributed by atoms with Crippen LogP contribution in [0.1, 0.15) is 17.7 Å². The molecule has 0 spiro atoms. The summed E-state index contributed by atoms with van der Waals surface area (Å²) in [6.07, 6.45) is 4.01. The fourth-order valence-electron chi connectivity index (χ4n) is 2.58. The van der Waals surface area contributed by atoms with Gasteiger partial charge >= 0.3 is 0 Å². The van der Waals surface area contributed by atoms with Crippen molar-refractivity contribution < 1.29 is 9.59 Å². The van der Waals surface area contributed by atoms with E-state index in [0.717, 1.165) is 23.4 Å². The fourth-order valence-corrected chi connectivity index (χ4v) is 3.41. The molecule has 1 atom stereocenters. The molecule has 0 aliphatic heterocycles. The number of thioether (sulfide) groups is 1. The lowest BCUT2D eigenvalue weighted by Gasteiger charge is -2.20. The smallest absolute Gasteiger partial charge is 0.248 e. The molecule has 1 aliphatic carbocycles. The number of fused-ring (bicyclic) bond motifs is 1. The molecule has 0 bridgehead atoms. The standard InChI is InChI=1S/C16H17ClN4O2S/c17-12-3-5-13(6-4-12)24-9-15(22)20-21-16(23)10-1-2-11-8-18-19-14(11)7-10/h3-6,8,10H,1-2,7,9H2,(H,18,19)(H,20,22)(H,21,23)/t10-/m0/s1. The maximum absolute atomic E-state index is 12.2. The zero-order chi connectivity index (χ0) is 16.9. The Morgan fingerprint density at radius 1 is 1.29 bits per heavy atom. The van der Waals surface area contributed by atoms with Gasteiger partial charge in [0.2, 0.25) is 11.8 Å². The van der Waals surface area contributed by atoms with Crippen LogP contribution in [0, 0.1) is 5.92 Å². The highest BCUT2D eigenvalue weighted by molar-refractivity contribution is 8.00. The molecule has 2 aromatic rings. The second-order valence-electron chi connectivity index (χ2n) is 5.59. The van der Waals surface area contributed by atoms with Crippen LogP contribution in [0.2, 0.25) is 5.02 Å². The Kier molecular flexibility index (Phi) is 5.42. The van der Waals surface area contributed by atoms with Gasteiger partial charge in [-0.05, 0) is 42.7 Å². The summed E-state index contributed by atoms with van der Waals surface area (Å²) >= 11 is 7.20. The molecule has 0 radical (unpaired) electrons. The van der Waals surface area contributed by atoms with E-state index in [1.54, 1.807) is 18.3 Å². The minimum Gasteiger partial charge on any atom is -0.282 e. The number of carbonyl (C=O) groups is 2. The molecular weight excluding hydrogens is 348 g/mol. The summed E-state index contributed by atoms with van der Waals surface area (Å²) in [6, 6.07) is 7.25. The summed E-state index contributed by atoms with van der Waals surface area (Å²) in [5.41, 5.74) is 7.16. The maximum atomic E-state index is 12.2. The van der Waals surface area contributed by atoms with Crippen molar-refractivity contribution in [2.24, 2.45) is 5.92 Å². The van der Waals surface area contributed by atoms with Crippen LogP contribution in [0.4, 0.5) is 0 Å². The lowest BCUT2D eigenvalue weighted by molar-refractivity contribution is -0.130. The summed E-state index contributed by atoms with van der Waals surface area (Å²) < 4.78 is 0. The van der Waals surface area contributed by atoms with Gasteiger partial charge in [0.1, 0.15) is 0 Å². The summed E-state index contributed by atoms with van der Waals surface area (Å²) in [6.45, 7) is 0. The molecule has 24 heavy (non-hydrogen) atoms. The topological polar surface area (TPSA) is 86.9 Å². The van der Waals surface area contributed by atoms with Gasteiger partial charge < -0.3 is 0 Å². The van der Waals surface area contributed by atoms with Gasteiger partial charge in [-0.2, -0.15) is 5.10 Å². The number of hydrogen-bond donors (Lipinski definition) is 3. The average molecular weight is 365 g/mol. The van der Waals surface area contributed by atoms with Crippen LogP contribution < -0.4 is 10.9 Å². The van der Waals surface area contributed by atoms with E-state index in [4.69, 9.17) is 11.6 Å². The molecule has 1 aromatic heterocycles. The van der Waals surface area contributed by atoms with Crippen molar-refractivity contribution in [2.45, 2.75) is 24.2 Å². The number of aryl methyl sites for hydroxylation is 1. The molecule has 0 unspecified atom stereocenters. The van der Waals surface area contributed by atoms with E-state index in [1.807, 2.05) is 12.1 Å². The summed E-state index contributed by atoms with van der Waals surface area (Å²) in [5.74, 6) is -0.347. The van der Waals surface area contributed by atoms with Gasteiger partial charge in [-0.15, -0.1) is 11.8 Å². The number of hydrogen-bond acceptors (Lipinski definition) is 4. The molecule has 0 saturated carbocycles. The van der Waals surface area contributed by atoms with Gasteiger partial charge in [0.15, 0.2) is 0 Å². The highest BCUT2D eigenvalue weighted by Gasteiger charge is 2.26. The van der Waals surface area contributed by atoms with Crippen molar-refractivity contribution >= 4 is 35.2 Å². The van der Waals surface area contributed by atoms with Crippen molar-refractivity contribution in [2.75, 3.05) is 5.75 Å². The molecule has 1 heterocycles. The van der Waals surface area contributed by atoms with Crippen molar-refractivity contribution in [1.29, 1.82) is 0 Å². The number of halogens is 1. The number of carbonyl (C=O) groups excluding carboxylic acids is 2. The molecule has 3 rings (SSSR count). The number of aromatic nitrogens is 2. The van der Waals surface area contributed by atoms with Crippen molar-refractivity contribution in [3.63, 3.8) is 0 Å². The first kappa shape index (κ1) is 16.9. The van der Waals surface area contributed by atoms with Crippen LogP contribution in [0.25, 0.3) is 0 Å². The summed E-state index contributed by atoms with van der Waals surface area (Å²) in [4.78, 5) is 24.9. The van der Waals surface area contributed by atoms with Gasteiger partial charge in [0, 0.05) is 28.0 Å². The largest absolute Gasteiger partial charge is 0.282 e. The number of benzene rings is 1. The maximum Gasteiger partial charge on any atom is 0.248 e. The van der Waals surface area contributed by atoms with E-state index in [2.05, 4.69) is 21.0 Å². The normalized spacial score (nSPS) is 16.3. The Morgan fingerprint density at radius 2 is 2.08 bits per heavy atom. The fraction of sp³-hybridized carbons (Fsp3) is 0.312. The van der Waals surface area contributed by atoms with Gasteiger partial charge in [-0.25, -0.2) is 0 Å². The zero-order valence-corrected chi connectivity index (χ0v) is 14.4.